The van der Waals surface area contributed by atoms with Gasteiger partial charge in [-0.15, -0.1) is 0 Å². The van der Waals surface area contributed by atoms with Crippen molar-refractivity contribution in [3.63, 3.8) is 0 Å². The number of hydrogen-bond donors (Lipinski definition) is 5. The largest absolute Gasteiger partial charge is 0.383 e. The van der Waals surface area contributed by atoms with Gasteiger partial charge in [-0.05, 0) is 89.2 Å². The van der Waals surface area contributed by atoms with E-state index in [-0.39, 0.29) is 52.3 Å². The second-order valence-electron chi connectivity index (χ2n) is 15.2. The van der Waals surface area contributed by atoms with Crippen LogP contribution in [0, 0.1) is 13.8 Å². The number of aryl methyl sites for hydroxylation is 2. The van der Waals surface area contributed by atoms with Gasteiger partial charge in [-0.1, -0.05) is 6.58 Å². The number of nitrogens with two attached hydrogens (primary N) is 2. The summed E-state index contributed by atoms with van der Waals surface area (Å²) < 4.78 is 6.87. The Morgan fingerprint density at radius 1 is 0.656 bits per heavy atom. The summed E-state index contributed by atoms with van der Waals surface area (Å²) in [6.45, 7) is 27.0. The van der Waals surface area contributed by atoms with Gasteiger partial charge in [-0.2, -0.15) is 4.98 Å². The number of hydrogen-bond acceptors (Lipinski definition) is 14. The number of aromatic amines is 2. The second kappa shape index (κ2) is 21.2. The number of anilines is 2. The van der Waals surface area contributed by atoms with Gasteiger partial charge in [0.25, 0.3) is 17.0 Å². The number of imidazole rings is 2. The highest BCUT2D eigenvalue weighted by Crippen LogP contribution is 2.18. The van der Waals surface area contributed by atoms with E-state index in [1.54, 1.807) is 51.2 Å². The Morgan fingerprint density at radius 3 is 1.77 bits per heavy atom. The molecule has 21 heteroatoms. The highest BCUT2D eigenvalue weighted by molar-refractivity contribution is 5.89. The minimum atomic E-state index is -0.347. The molecule has 7 N–H and O–H groups in total. The second-order valence-corrected chi connectivity index (χ2v) is 15.2. The summed E-state index contributed by atoms with van der Waals surface area (Å²) in [5.41, 5.74) is 12.9. The summed E-state index contributed by atoms with van der Waals surface area (Å²) >= 11 is 0. The third-order valence-corrected chi connectivity index (χ3v) is 8.68. The van der Waals surface area contributed by atoms with Crippen LogP contribution in [0.25, 0.3) is 22.3 Å². The number of amides is 1. The average Bonchev–Trinajstić information content (AvgIpc) is 3.80. The van der Waals surface area contributed by atoms with Crippen LogP contribution in [0.4, 0.5) is 11.6 Å². The van der Waals surface area contributed by atoms with E-state index < -0.39 is 0 Å². The number of nitrogens with zero attached hydrogens (tertiary/aromatic N) is 11. The van der Waals surface area contributed by atoms with Crippen LogP contribution in [0.2, 0.25) is 0 Å². The summed E-state index contributed by atoms with van der Waals surface area (Å²) in [5, 5.41) is 2.62. The molecule has 0 unspecified atom stereocenters. The molecule has 7 rings (SSSR count). The van der Waals surface area contributed by atoms with Crippen LogP contribution in [0.1, 0.15) is 105 Å². The zero-order chi connectivity index (χ0) is 45.9. The quantitative estimate of drug-likeness (QED) is 0.166. The lowest BCUT2D eigenvalue weighted by Crippen LogP contribution is -2.38. The molecule has 6 aromatic rings. The third kappa shape index (κ3) is 12.9. The van der Waals surface area contributed by atoms with Crippen molar-refractivity contribution in [3.8, 4) is 0 Å². The number of carbonyl (C=O) groups is 1. The Labute approximate surface area is 352 Å². The summed E-state index contributed by atoms with van der Waals surface area (Å²) in [6, 6.07) is 2.75. The monoisotopic (exact) mass is 842 g/mol. The molecule has 0 radical (unpaired) electrons. The minimum Gasteiger partial charge on any atom is -0.383 e. The molecule has 0 saturated heterocycles. The molecule has 0 saturated carbocycles. The van der Waals surface area contributed by atoms with Gasteiger partial charge in [-0.25, -0.2) is 34.5 Å². The summed E-state index contributed by atoms with van der Waals surface area (Å²) in [6.07, 6.45) is 11.3. The van der Waals surface area contributed by atoms with Gasteiger partial charge in [0, 0.05) is 60.4 Å². The first-order valence-electron chi connectivity index (χ1n) is 19.5. The average molecular weight is 843 g/mol. The lowest BCUT2D eigenvalue weighted by Gasteiger charge is -2.29. The third-order valence-electron chi connectivity index (χ3n) is 8.68. The molecule has 21 nitrogen and oxygen atoms in total. The van der Waals surface area contributed by atoms with Crippen LogP contribution in [-0.4, -0.2) is 75.0 Å². The number of carbonyl (C=O) groups excluding carboxylic acids is 1. The number of rotatable bonds is 5. The minimum absolute atomic E-state index is 0.0769. The lowest BCUT2D eigenvalue weighted by atomic mass is 10.3. The van der Waals surface area contributed by atoms with E-state index in [0.717, 1.165) is 5.65 Å². The molecule has 0 spiro atoms. The van der Waals surface area contributed by atoms with E-state index >= 15 is 0 Å². The highest BCUT2D eigenvalue weighted by Gasteiger charge is 2.15. The van der Waals surface area contributed by atoms with Gasteiger partial charge < -0.3 is 35.8 Å². The Bertz CT molecular complexity index is 2710. The summed E-state index contributed by atoms with van der Waals surface area (Å²) in [4.78, 5) is 86.2. The van der Waals surface area contributed by atoms with Crippen LogP contribution in [-0.2, 0) is 4.79 Å². The summed E-state index contributed by atoms with van der Waals surface area (Å²) in [7, 11) is 0. The van der Waals surface area contributed by atoms with Gasteiger partial charge in [0.2, 0.25) is 0 Å². The molecule has 1 amide bonds. The highest BCUT2D eigenvalue weighted by atomic mass is 16.2. The van der Waals surface area contributed by atoms with Crippen LogP contribution < -0.4 is 39.3 Å². The number of nitrogen functional groups attached to an aromatic ring is 2. The predicted octanol–water partition coefficient (Wildman–Crippen LogP) is 3.64. The Hall–Kier alpha value is -7.19. The van der Waals surface area contributed by atoms with Crippen molar-refractivity contribution in [1.82, 2.24) is 68.4 Å². The predicted molar refractivity (Wildman–Crippen MR) is 237 cm³/mol. The zero-order valence-electron chi connectivity index (χ0n) is 36.8. The number of aromatic nitrogens is 12. The van der Waals surface area contributed by atoms with Crippen molar-refractivity contribution in [2.45, 2.75) is 113 Å². The van der Waals surface area contributed by atoms with Crippen LogP contribution in [0.3, 0.4) is 0 Å². The Kier molecular flexibility index (Phi) is 16.7. The van der Waals surface area contributed by atoms with Crippen LogP contribution in [0.5, 0.6) is 0 Å². The standard InChI is InChI=1S/C9H12N4O.C8H11N5.C8H12N2O2.C8H12N2O.C7H11N3O/c1-5(2)13-4-10-7-8(13)11-6(3)12-9(7)14;1-5(2)13-4-12-6-7(9)10-3-11-8(6)13;1-5(2)10-4-6(3)7(11)9-8(10)12;1-6(2)10-5-4-8(11)9-7(10)3;1-5(2)10-4-3-6(8)9-7(10)11/h4-5H,1-3H3,(H,11,12,14);3-5H,1-2H3,(H2,9,10,11);4-5H,1-3H3,(H,9,11,12);4-6H,3H2,1-2H3,(H,9,11);3-5H,1-2H3,(H2,8,9,11). The topological polar surface area (TPSA) is 281 Å². The number of H-pyrrole nitrogens is 2. The van der Waals surface area contributed by atoms with Crippen molar-refractivity contribution in [3.05, 3.63) is 115 Å². The van der Waals surface area contributed by atoms with Crippen molar-refractivity contribution in [2.24, 2.45) is 0 Å². The SMILES string of the molecule is C=C1NC(=O)C=CN1C(C)C.CC(C)n1ccc(N)nc1=O.CC(C)n1cnc2c(N)ncnc21.Cc1cn(C(C)C)c(=O)[nH]c1=O.Cc1nc2c(ncn2C(C)C)c(=O)[nH]1. The van der Waals surface area contributed by atoms with Gasteiger partial charge in [0.15, 0.2) is 22.6 Å². The van der Waals surface area contributed by atoms with Crippen molar-refractivity contribution < 1.29 is 4.79 Å². The maximum Gasteiger partial charge on any atom is 0.349 e. The molecule has 6 aromatic heterocycles. The first-order valence-corrected chi connectivity index (χ1v) is 19.5. The molecule has 0 atom stereocenters. The fraction of sp³-hybridized carbons (Fsp3) is 0.425. The molecule has 328 valence electrons. The Morgan fingerprint density at radius 2 is 1.23 bits per heavy atom. The normalized spacial score (nSPS) is 12.2. The van der Waals surface area contributed by atoms with E-state index in [0.29, 0.717) is 51.8 Å². The van der Waals surface area contributed by atoms with E-state index in [1.165, 1.54) is 21.5 Å². The smallest absolute Gasteiger partial charge is 0.349 e. The molecule has 0 aromatic carbocycles. The molecular formula is C40H58N16O5. The van der Waals surface area contributed by atoms with Crippen LogP contribution >= 0.6 is 0 Å². The number of nitrogens with one attached hydrogen (secondary N) is 3. The molecule has 0 fully saturated rings. The first kappa shape index (κ1) is 48.2. The molecule has 61 heavy (non-hydrogen) atoms. The lowest BCUT2D eigenvalue weighted by molar-refractivity contribution is -0.116. The van der Waals surface area contributed by atoms with Crippen molar-refractivity contribution >= 4 is 39.9 Å². The van der Waals surface area contributed by atoms with Gasteiger partial charge in [0.05, 0.1) is 12.7 Å². The van der Waals surface area contributed by atoms with Gasteiger partial charge in [-0.3, -0.25) is 28.5 Å². The van der Waals surface area contributed by atoms with Gasteiger partial charge >= 0.3 is 11.4 Å². The fourth-order valence-electron chi connectivity index (χ4n) is 5.42. The Balaban J connectivity index is 0.000000204. The van der Waals surface area contributed by atoms with E-state index in [2.05, 4.69) is 65.6 Å². The summed E-state index contributed by atoms with van der Waals surface area (Å²) in [5.74, 6) is 1.86. The molecular weight excluding hydrogens is 785 g/mol. The fourth-order valence-corrected chi connectivity index (χ4v) is 5.42. The molecule has 0 bridgehead atoms. The van der Waals surface area contributed by atoms with Crippen molar-refractivity contribution in [2.75, 3.05) is 11.5 Å². The zero-order valence-corrected chi connectivity index (χ0v) is 36.8. The number of fused-ring (bicyclic) bond motifs is 2. The van der Waals surface area contributed by atoms with E-state index in [1.807, 2.05) is 69.4 Å². The van der Waals surface area contributed by atoms with Crippen LogP contribution in [0.15, 0.2) is 81.3 Å². The molecule has 1 aliphatic heterocycles. The maximum atomic E-state index is 11.5. The molecule has 0 aliphatic carbocycles. The molecule has 1 aliphatic rings. The molecule has 7 heterocycles. The maximum absolute atomic E-state index is 11.5. The van der Waals surface area contributed by atoms with Crippen molar-refractivity contribution in [1.29, 1.82) is 0 Å². The van der Waals surface area contributed by atoms with E-state index in [4.69, 9.17) is 11.5 Å². The van der Waals surface area contributed by atoms with Gasteiger partial charge in [0.1, 0.15) is 29.3 Å². The van der Waals surface area contributed by atoms with E-state index in [9.17, 15) is 24.0 Å². The first-order chi connectivity index (χ1) is 28.5.